The molecule has 1 aromatic heterocycles. The second-order valence-electron chi connectivity index (χ2n) is 3.41. The van der Waals surface area contributed by atoms with Crippen molar-refractivity contribution >= 4 is 18.0 Å². The van der Waals surface area contributed by atoms with Crippen LogP contribution in [0.5, 0.6) is 0 Å². The molecule has 5 nitrogen and oxygen atoms in total. The average Bonchev–Trinajstić information content (AvgIpc) is 2.73. The summed E-state index contributed by atoms with van der Waals surface area (Å²) < 4.78 is 4.85. The second-order valence-corrected chi connectivity index (χ2v) is 3.41. The number of hydrogen-bond acceptors (Lipinski definition) is 3. The molecule has 0 bridgehead atoms. The molecule has 0 aromatic carbocycles. The van der Waals surface area contributed by atoms with Crippen molar-refractivity contribution in [2.75, 3.05) is 13.2 Å². The molecular weight excluding hydrogens is 220 g/mol. The molecule has 0 radical (unpaired) electrons. The number of carbonyl (C=O) groups is 2. The quantitative estimate of drug-likeness (QED) is 0.758. The first-order chi connectivity index (χ1) is 8.13. The Morgan fingerprint density at radius 2 is 2.29 bits per heavy atom. The van der Waals surface area contributed by atoms with Gasteiger partial charge >= 0.3 is 5.97 Å². The van der Waals surface area contributed by atoms with Gasteiger partial charge in [0.05, 0.1) is 6.61 Å². The first-order valence-corrected chi connectivity index (χ1v) is 5.40. The molecule has 0 fully saturated rings. The van der Waals surface area contributed by atoms with Crippen LogP contribution in [0.4, 0.5) is 0 Å². The van der Waals surface area contributed by atoms with Gasteiger partial charge in [0.15, 0.2) is 0 Å². The first-order valence-electron chi connectivity index (χ1n) is 5.40. The van der Waals surface area contributed by atoms with E-state index in [1.807, 2.05) is 6.08 Å². The average molecular weight is 236 g/mol. The zero-order valence-corrected chi connectivity index (χ0v) is 9.95. The van der Waals surface area contributed by atoms with E-state index in [2.05, 4.69) is 10.3 Å². The van der Waals surface area contributed by atoms with Gasteiger partial charge in [-0.1, -0.05) is 12.2 Å². The van der Waals surface area contributed by atoms with E-state index in [0.29, 0.717) is 18.8 Å². The highest BCUT2D eigenvalue weighted by atomic mass is 16.5. The third kappa shape index (κ3) is 4.55. The van der Waals surface area contributed by atoms with Crippen molar-refractivity contribution in [1.82, 2.24) is 10.3 Å². The maximum Gasteiger partial charge on any atom is 0.354 e. The van der Waals surface area contributed by atoms with Crippen molar-refractivity contribution < 1.29 is 14.3 Å². The van der Waals surface area contributed by atoms with Gasteiger partial charge in [0.25, 0.3) is 0 Å². The molecule has 0 atom stereocenters. The monoisotopic (exact) mass is 236 g/mol. The van der Waals surface area contributed by atoms with E-state index in [9.17, 15) is 9.59 Å². The lowest BCUT2D eigenvalue weighted by atomic mass is 10.3. The zero-order valence-electron chi connectivity index (χ0n) is 9.95. The number of hydrogen-bond donors (Lipinski definition) is 2. The van der Waals surface area contributed by atoms with Crippen LogP contribution in [0.1, 0.15) is 29.9 Å². The molecule has 0 aliphatic carbocycles. The van der Waals surface area contributed by atoms with Crippen LogP contribution >= 0.6 is 0 Å². The number of aromatic amines is 1. The summed E-state index contributed by atoms with van der Waals surface area (Å²) in [5, 5.41) is 2.64. The van der Waals surface area contributed by atoms with E-state index in [1.54, 1.807) is 25.3 Å². The first kappa shape index (κ1) is 13.0. The Kier molecular flexibility index (Phi) is 5.00. The molecule has 5 heteroatoms. The van der Waals surface area contributed by atoms with Crippen molar-refractivity contribution in [3.8, 4) is 0 Å². The Morgan fingerprint density at radius 1 is 1.53 bits per heavy atom. The van der Waals surface area contributed by atoms with Crippen molar-refractivity contribution in [2.45, 2.75) is 13.8 Å². The van der Waals surface area contributed by atoms with Gasteiger partial charge in [-0.25, -0.2) is 4.79 Å². The van der Waals surface area contributed by atoms with Crippen molar-refractivity contribution in [3.63, 3.8) is 0 Å². The molecule has 0 unspecified atom stereocenters. The minimum atomic E-state index is -0.367. The van der Waals surface area contributed by atoms with Gasteiger partial charge in [-0.3, -0.25) is 4.79 Å². The molecule has 1 aromatic rings. The van der Waals surface area contributed by atoms with Gasteiger partial charge in [0.2, 0.25) is 5.91 Å². The molecule has 17 heavy (non-hydrogen) atoms. The van der Waals surface area contributed by atoms with Crippen LogP contribution in [-0.2, 0) is 9.53 Å². The minimum absolute atomic E-state index is 0.0732. The number of carbonyl (C=O) groups excluding carboxylic acids is 2. The van der Waals surface area contributed by atoms with E-state index in [1.165, 1.54) is 6.92 Å². The van der Waals surface area contributed by atoms with Gasteiger partial charge in [-0.15, -0.1) is 0 Å². The number of esters is 1. The summed E-state index contributed by atoms with van der Waals surface area (Å²) in [6, 6.07) is 1.70. The number of H-pyrrole nitrogens is 1. The zero-order chi connectivity index (χ0) is 12.7. The van der Waals surface area contributed by atoms with Gasteiger partial charge in [0.1, 0.15) is 5.69 Å². The molecule has 1 heterocycles. The molecule has 1 amide bonds. The lowest BCUT2D eigenvalue weighted by Crippen LogP contribution is -2.19. The molecular formula is C12H16N2O3. The van der Waals surface area contributed by atoms with E-state index in [-0.39, 0.29) is 11.9 Å². The molecule has 0 saturated heterocycles. The summed E-state index contributed by atoms with van der Waals surface area (Å²) in [5.41, 5.74) is 1.28. The summed E-state index contributed by atoms with van der Waals surface area (Å²) in [7, 11) is 0. The SMILES string of the molecule is CCOC(=O)c1cc(C=CCNC(C)=O)c[nH]1. The maximum atomic E-state index is 11.3. The van der Waals surface area contributed by atoms with Crippen LogP contribution in [0.25, 0.3) is 6.08 Å². The Balaban J connectivity index is 2.50. The standard InChI is InChI=1S/C12H16N2O3/c1-3-17-12(16)11-7-10(8-14-11)5-4-6-13-9(2)15/h4-5,7-8,14H,3,6H2,1-2H3,(H,13,15). The van der Waals surface area contributed by atoms with Crippen LogP contribution in [-0.4, -0.2) is 30.0 Å². The smallest absolute Gasteiger partial charge is 0.354 e. The Labute approximate surface area is 99.9 Å². The summed E-state index contributed by atoms with van der Waals surface area (Å²) in [6.07, 6.45) is 5.32. The van der Waals surface area contributed by atoms with Gasteiger partial charge < -0.3 is 15.0 Å². The topological polar surface area (TPSA) is 71.2 Å². The predicted molar refractivity (Wildman–Crippen MR) is 64.5 cm³/mol. The van der Waals surface area contributed by atoms with Crippen molar-refractivity contribution in [2.24, 2.45) is 0 Å². The van der Waals surface area contributed by atoms with Gasteiger partial charge in [-0.2, -0.15) is 0 Å². The van der Waals surface area contributed by atoms with E-state index >= 15 is 0 Å². The molecule has 0 spiro atoms. The number of ether oxygens (including phenoxy) is 1. The molecule has 92 valence electrons. The summed E-state index contributed by atoms with van der Waals surface area (Å²) in [4.78, 5) is 24.8. The van der Waals surface area contributed by atoms with E-state index < -0.39 is 0 Å². The van der Waals surface area contributed by atoms with Crippen LogP contribution in [0.15, 0.2) is 18.3 Å². The third-order valence-corrected chi connectivity index (χ3v) is 1.98. The minimum Gasteiger partial charge on any atom is -0.461 e. The fourth-order valence-corrected chi connectivity index (χ4v) is 1.23. The lowest BCUT2D eigenvalue weighted by molar-refractivity contribution is -0.118. The second kappa shape index (κ2) is 6.52. The Morgan fingerprint density at radius 3 is 2.94 bits per heavy atom. The molecule has 0 aliphatic heterocycles. The summed E-state index contributed by atoms with van der Waals surface area (Å²) in [6.45, 7) is 4.04. The van der Waals surface area contributed by atoms with Crippen molar-refractivity contribution in [3.05, 3.63) is 29.6 Å². The lowest BCUT2D eigenvalue weighted by Gasteiger charge is -1.96. The fraction of sp³-hybridized carbons (Fsp3) is 0.333. The van der Waals surface area contributed by atoms with Crippen LogP contribution in [0.2, 0.25) is 0 Å². The number of rotatable bonds is 5. The highest BCUT2D eigenvalue weighted by Crippen LogP contribution is 2.06. The normalized spacial score (nSPS) is 10.5. The Hall–Kier alpha value is -2.04. The van der Waals surface area contributed by atoms with Crippen molar-refractivity contribution in [1.29, 1.82) is 0 Å². The summed E-state index contributed by atoms with van der Waals surface area (Å²) >= 11 is 0. The van der Waals surface area contributed by atoms with Crippen LogP contribution in [0.3, 0.4) is 0 Å². The number of nitrogens with one attached hydrogen (secondary N) is 2. The predicted octanol–water partition coefficient (Wildman–Crippen LogP) is 1.34. The van der Waals surface area contributed by atoms with Gasteiger partial charge in [-0.05, 0) is 18.6 Å². The maximum absolute atomic E-state index is 11.3. The van der Waals surface area contributed by atoms with E-state index in [4.69, 9.17) is 4.74 Å². The number of aromatic nitrogens is 1. The summed E-state index contributed by atoms with van der Waals surface area (Å²) in [5.74, 6) is -0.440. The third-order valence-electron chi connectivity index (χ3n) is 1.98. The highest BCUT2D eigenvalue weighted by Gasteiger charge is 2.07. The largest absolute Gasteiger partial charge is 0.461 e. The van der Waals surface area contributed by atoms with Gasteiger partial charge in [0, 0.05) is 19.7 Å². The van der Waals surface area contributed by atoms with Crippen LogP contribution in [0, 0.1) is 0 Å². The fourth-order valence-electron chi connectivity index (χ4n) is 1.23. The highest BCUT2D eigenvalue weighted by molar-refractivity contribution is 5.88. The Bertz CT molecular complexity index is 421. The number of amides is 1. The molecule has 0 saturated carbocycles. The van der Waals surface area contributed by atoms with E-state index in [0.717, 1.165) is 5.56 Å². The van der Waals surface area contributed by atoms with Crippen LogP contribution < -0.4 is 5.32 Å². The molecule has 2 N–H and O–H groups in total. The molecule has 0 aliphatic rings. The molecule has 1 rings (SSSR count).